The molecule has 0 saturated carbocycles. The number of carbonyl (C=O) groups excluding carboxylic acids is 1. The minimum Gasteiger partial charge on any atom is -0.493 e. The molecule has 1 N–H and O–H groups in total. The first-order chi connectivity index (χ1) is 16.7. The highest BCUT2D eigenvalue weighted by atomic mass is 32.2. The largest absolute Gasteiger partial charge is 0.493 e. The maximum absolute atomic E-state index is 12.7. The number of thioether (sulfide) groups is 1. The van der Waals surface area contributed by atoms with Crippen molar-refractivity contribution in [3.63, 3.8) is 0 Å². The van der Waals surface area contributed by atoms with Crippen LogP contribution in [0.15, 0.2) is 40.0 Å². The van der Waals surface area contributed by atoms with E-state index in [0.29, 0.717) is 37.6 Å². The smallest absolute Gasteiger partial charge is 0.287 e. The van der Waals surface area contributed by atoms with Crippen LogP contribution in [0.4, 0.5) is 5.82 Å². The molecule has 1 fully saturated rings. The first-order valence-corrected chi connectivity index (χ1v) is 12.2. The van der Waals surface area contributed by atoms with Crippen LogP contribution in [-0.4, -0.2) is 71.4 Å². The molecule has 4 heterocycles. The Labute approximate surface area is 200 Å². The lowest BCUT2D eigenvalue weighted by atomic mass is 10.2. The van der Waals surface area contributed by atoms with Crippen molar-refractivity contribution in [1.82, 2.24) is 25.1 Å². The zero-order valence-electron chi connectivity index (χ0n) is 19.1. The number of aromatic nitrogens is 4. The van der Waals surface area contributed by atoms with Gasteiger partial charge in [0.25, 0.3) is 5.91 Å². The van der Waals surface area contributed by atoms with Crippen LogP contribution in [0.3, 0.4) is 0 Å². The molecule has 0 aliphatic carbocycles. The second kappa shape index (κ2) is 9.90. The lowest BCUT2D eigenvalue weighted by molar-refractivity contribution is 0.0926. The Balaban J connectivity index is 1.33. The fourth-order valence-corrected chi connectivity index (χ4v) is 4.53. The Bertz CT molecular complexity index is 1310. The zero-order valence-corrected chi connectivity index (χ0v) is 19.9. The lowest BCUT2D eigenvalue weighted by Gasteiger charge is -2.28. The summed E-state index contributed by atoms with van der Waals surface area (Å²) in [5.41, 5.74) is 1.32. The van der Waals surface area contributed by atoms with E-state index in [1.54, 1.807) is 37.2 Å². The van der Waals surface area contributed by atoms with Crippen molar-refractivity contribution in [2.45, 2.75) is 18.6 Å². The number of fused-ring (bicyclic) bond motifs is 2. The number of morpholine rings is 1. The van der Waals surface area contributed by atoms with Gasteiger partial charge in [-0.15, -0.1) is 0 Å². The van der Waals surface area contributed by atoms with Crippen LogP contribution >= 0.6 is 11.8 Å². The van der Waals surface area contributed by atoms with Gasteiger partial charge in [0.2, 0.25) is 0 Å². The quantitative estimate of drug-likeness (QED) is 0.299. The van der Waals surface area contributed by atoms with Gasteiger partial charge in [-0.25, -0.2) is 14.6 Å². The molecular formula is C23H26N6O4S. The van der Waals surface area contributed by atoms with Gasteiger partial charge in [0.15, 0.2) is 27.9 Å². The highest BCUT2D eigenvalue weighted by Gasteiger charge is 2.20. The summed E-state index contributed by atoms with van der Waals surface area (Å²) in [5, 5.41) is 9.88. The molecular weight excluding hydrogens is 456 g/mol. The summed E-state index contributed by atoms with van der Waals surface area (Å²) in [4.78, 5) is 24.4. The summed E-state index contributed by atoms with van der Waals surface area (Å²) in [6, 6.07) is 7.26. The molecule has 5 rings (SSSR count). The number of ether oxygens (including phenoxy) is 2. The van der Waals surface area contributed by atoms with Crippen LogP contribution in [-0.2, 0) is 11.3 Å². The standard InChI is InChI=1S/C23H26N6O4S/c1-3-34-23-26-20(28-9-11-32-12-10-28)16-14-25-29(21(16)27-23)8-7-24-22(30)18-13-15-5-4-6-17(31-2)19(15)33-18/h4-6,13-14H,3,7-12H2,1-2H3,(H,24,30). The number of hydrogen-bond acceptors (Lipinski definition) is 9. The maximum Gasteiger partial charge on any atom is 0.287 e. The minimum atomic E-state index is -0.291. The topological polar surface area (TPSA) is 108 Å². The van der Waals surface area contributed by atoms with Crippen molar-refractivity contribution < 1.29 is 18.7 Å². The summed E-state index contributed by atoms with van der Waals surface area (Å²) >= 11 is 1.60. The van der Waals surface area contributed by atoms with Crippen LogP contribution in [0.5, 0.6) is 5.75 Å². The Kier molecular flexibility index (Phi) is 6.54. The molecule has 0 radical (unpaired) electrons. The molecule has 4 aromatic rings. The predicted molar refractivity (Wildman–Crippen MR) is 130 cm³/mol. The average Bonchev–Trinajstić information content (AvgIpc) is 3.49. The van der Waals surface area contributed by atoms with Crippen LogP contribution in [0, 0.1) is 0 Å². The number of hydrogen-bond donors (Lipinski definition) is 1. The van der Waals surface area contributed by atoms with Crippen LogP contribution < -0.4 is 15.0 Å². The third-order valence-electron chi connectivity index (χ3n) is 5.60. The van der Waals surface area contributed by atoms with Gasteiger partial charge < -0.3 is 24.1 Å². The van der Waals surface area contributed by atoms with E-state index in [9.17, 15) is 4.79 Å². The third-order valence-corrected chi connectivity index (χ3v) is 6.33. The van der Waals surface area contributed by atoms with Gasteiger partial charge in [-0.2, -0.15) is 5.10 Å². The number of nitrogens with one attached hydrogen (secondary N) is 1. The molecule has 34 heavy (non-hydrogen) atoms. The van der Waals surface area contributed by atoms with Gasteiger partial charge in [0, 0.05) is 25.0 Å². The number of anilines is 1. The van der Waals surface area contributed by atoms with Crippen molar-refractivity contribution >= 4 is 45.5 Å². The van der Waals surface area contributed by atoms with Gasteiger partial charge in [-0.1, -0.05) is 30.8 Å². The average molecular weight is 483 g/mol. The molecule has 10 nitrogen and oxygen atoms in total. The molecule has 1 amide bonds. The fraction of sp³-hybridized carbons (Fsp3) is 0.391. The number of amides is 1. The summed E-state index contributed by atoms with van der Waals surface area (Å²) in [5.74, 6) is 2.30. The van der Waals surface area contributed by atoms with Gasteiger partial charge >= 0.3 is 0 Å². The van der Waals surface area contributed by atoms with Gasteiger partial charge in [-0.05, 0) is 17.9 Å². The van der Waals surface area contributed by atoms with Crippen molar-refractivity contribution in [3.8, 4) is 5.75 Å². The summed E-state index contributed by atoms with van der Waals surface area (Å²) in [7, 11) is 1.57. The second-order valence-electron chi connectivity index (χ2n) is 7.71. The highest BCUT2D eigenvalue weighted by molar-refractivity contribution is 7.99. The summed E-state index contributed by atoms with van der Waals surface area (Å²) in [6.45, 7) is 5.83. The Hall–Kier alpha value is -3.31. The number of benzene rings is 1. The van der Waals surface area contributed by atoms with E-state index >= 15 is 0 Å². The number of carbonyl (C=O) groups is 1. The Morgan fingerprint density at radius 3 is 2.91 bits per heavy atom. The third kappa shape index (κ3) is 4.40. The maximum atomic E-state index is 12.7. The fourth-order valence-electron chi connectivity index (χ4n) is 3.97. The van der Waals surface area contributed by atoms with E-state index in [1.807, 2.05) is 16.8 Å². The number of methoxy groups -OCH3 is 1. The normalized spacial score (nSPS) is 14.1. The van der Waals surface area contributed by atoms with Gasteiger partial charge in [0.1, 0.15) is 5.82 Å². The van der Waals surface area contributed by atoms with E-state index in [2.05, 4.69) is 22.2 Å². The molecule has 0 atom stereocenters. The van der Waals surface area contributed by atoms with Crippen molar-refractivity contribution in [3.05, 3.63) is 36.2 Å². The Morgan fingerprint density at radius 2 is 2.12 bits per heavy atom. The number of para-hydroxylation sites is 1. The van der Waals surface area contributed by atoms with E-state index in [0.717, 1.165) is 46.2 Å². The van der Waals surface area contributed by atoms with Crippen molar-refractivity contribution in [1.29, 1.82) is 0 Å². The number of furan rings is 1. The van der Waals surface area contributed by atoms with Crippen LogP contribution in [0.1, 0.15) is 17.5 Å². The first-order valence-electron chi connectivity index (χ1n) is 11.2. The van der Waals surface area contributed by atoms with E-state index in [1.165, 1.54) is 0 Å². The minimum absolute atomic E-state index is 0.239. The molecule has 0 spiro atoms. The summed E-state index contributed by atoms with van der Waals surface area (Å²) < 4.78 is 18.4. The first kappa shape index (κ1) is 22.5. The predicted octanol–water partition coefficient (Wildman–Crippen LogP) is 2.96. The molecule has 1 aliphatic rings. The van der Waals surface area contributed by atoms with E-state index in [4.69, 9.17) is 23.9 Å². The summed E-state index contributed by atoms with van der Waals surface area (Å²) in [6.07, 6.45) is 1.80. The molecule has 1 aliphatic heterocycles. The molecule has 178 valence electrons. The Morgan fingerprint density at radius 1 is 1.26 bits per heavy atom. The number of nitrogens with zero attached hydrogens (tertiary/aromatic N) is 5. The molecule has 11 heteroatoms. The lowest BCUT2D eigenvalue weighted by Crippen LogP contribution is -2.37. The monoisotopic (exact) mass is 482 g/mol. The van der Waals surface area contributed by atoms with E-state index < -0.39 is 0 Å². The van der Waals surface area contributed by atoms with Gasteiger partial charge in [0.05, 0.1) is 38.5 Å². The number of rotatable bonds is 8. The van der Waals surface area contributed by atoms with Crippen molar-refractivity contribution in [2.24, 2.45) is 0 Å². The molecule has 0 unspecified atom stereocenters. The highest BCUT2D eigenvalue weighted by Crippen LogP contribution is 2.29. The molecule has 1 saturated heterocycles. The van der Waals surface area contributed by atoms with Crippen LogP contribution in [0.25, 0.3) is 22.0 Å². The van der Waals surface area contributed by atoms with Crippen molar-refractivity contribution in [2.75, 3.05) is 50.6 Å². The van der Waals surface area contributed by atoms with E-state index in [-0.39, 0.29) is 11.7 Å². The molecule has 0 bridgehead atoms. The van der Waals surface area contributed by atoms with Gasteiger partial charge in [-0.3, -0.25) is 4.79 Å². The zero-order chi connectivity index (χ0) is 23.5. The molecule has 1 aromatic carbocycles. The second-order valence-corrected chi connectivity index (χ2v) is 8.94. The molecule has 3 aromatic heterocycles. The SMILES string of the molecule is CCSc1nc(N2CCOCC2)c2cnn(CCNC(=O)c3cc4cccc(OC)c4o3)c2n1. The van der Waals surface area contributed by atoms with Crippen LogP contribution in [0.2, 0.25) is 0 Å².